The van der Waals surface area contributed by atoms with Crippen LogP contribution in [0.15, 0.2) is 72.8 Å². The lowest BCUT2D eigenvalue weighted by molar-refractivity contribution is -0.384. The summed E-state index contributed by atoms with van der Waals surface area (Å²) in [5.74, 6) is -0.519. The number of aryl methyl sites for hydroxylation is 1. The van der Waals surface area contributed by atoms with Crippen molar-refractivity contribution in [3.63, 3.8) is 0 Å². The molecule has 8 nitrogen and oxygen atoms in total. The van der Waals surface area contributed by atoms with Crippen molar-refractivity contribution in [1.82, 2.24) is 20.0 Å². The SMILES string of the molecule is Cc1[nH]c2ccccc2c1C(CC(=O)n1nnc2ccccc21)c1ccc([N+](=O)[O-])cc1. The highest BCUT2D eigenvalue weighted by atomic mass is 16.6. The van der Waals surface area contributed by atoms with E-state index in [1.807, 2.05) is 55.5 Å². The number of carbonyl (C=O) groups excluding carboxylic acids is 1. The lowest BCUT2D eigenvalue weighted by Crippen LogP contribution is -2.17. The van der Waals surface area contributed by atoms with Crippen molar-refractivity contribution in [2.75, 3.05) is 0 Å². The molecular formula is C24H19N5O3. The fourth-order valence-electron chi connectivity index (χ4n) is 4.28. The Hall–Kier alpha value is -4.33. The molecule has 32 heavy (non-hydrogen) atoms. The average molecular weight is 425 g/mol. The van der Waals surface area contributed by atoms with Gasteiger partial charge in [-0.2, -0.15) is 4.68 Å². The van der Waals surface area contributed by atoms with Gasteiger partial charge in [-0.15, -0.1) is 5.10 Å². The molecule has 3 aromatic carbocycles. The lowest BCUT2D eigenvalue weighted by Gasteiger charge is -2.18. The maximum atomic E-state index is 13.4. The molecule has 1 unspecified atom stereocenters. The van der Waals surface area contributed by atoms with Crippen LogP contribution in [0.25, 0.3) is 21.9 Å². The van der Waals surface area contributed by atoms with Gasteiger partial charge in [0.15, 0.2) is 0 Å². The van der Waals surface area contributed by atoms with Crippen LogP contribution in [0.3, 0.4) is 0 Å². The maximum Gasteiger partial charge on any atom is 0.269 e. The Kier molecular flexibility index (Phi) is 4.74. The van der Waals surface area contributed by atoms with Gasteiger partial charge in [0.1, 0.15) is 5.52 Å². The molecule has 1 N–H and O–H groups in total. The smallest absolute Gasteiger partial charge is 0.269 e. The number of nitro groups is 1. The van der Waals surface area contributed by atoms with E-state index in [1.54, 1.807) is 12.1 Å². The molecule has 8 heteroatoms. The number of non-ortho nitro benzene ring substituents is 1. The number of rotatable bonds is 5. The van der Waals surface area contributed by atoms with E-state index < -0.39 is 4.92 Å². The van der Waals surface area contributed by atoms with E-state index >= 15 is 0 Å². The van der Waals surface area contributed by atoms with Gasteiger partial charge in [-0.3, -0.25) is 14.9 Å². The number of para-hydroxylation sites is 2. The minimum atomic E-state index is -0.428. The number of hydrogen-bond acceptors (Lipinski definition) is 5. The topological polar surface area (TPSA) is 107 Å². The summed E-state index contributed by atoms with van der Waals surface area (Å²) in [5, 5.41) is 20.3. The Morgan fingerprint density at radius 2 is 1.78 bits per heavy atom. The number of aromatic nitrogens is 4. The molecule has 0 spiro atoms. The van der Waals surface area contributed by atoms with Gasteiger partial charge in [0.2, 0.25) is 5.91 Å². The van der Waals surface area contributed by atoms with Gasteiger partial charge >= 0.3 is 0 Å². The molecule has 0 saturated heterocycles. The number of nitro benzene ring substituents is 1. The standard InChI is InChI=1S/C24H19N5O3/c1-15-24(18-6-2-3-7-20(18)25-15)19(16-10-12-17(13-11-16)29(31)32)14-23(30)28-22-9-5-4-8-21(22)26-27-28/h2-13,19,25H,14H2,1H3. The molecule has 5 rings (SSSR count). The zero-order valence-electron chi connectivity index (χ0n) is 17.2. The third kappa shape index (κ3) is 3.31. The summed E-state index contributed by atoms with van der Waals surface area (Å²) in [6.07, 6.45) is 0.133. The van der Waals surface area contributed by atoms with E-state index in [9.17, 15) is 14.9 Å². The Labute approximate surface area is 182 Å². The van der Waals surface area contributed by atoms with Crippen molar-refractivity contribution in [2.24, 2.45) is 0 Å². The molecule has 1 atom stereocenters. The second kappa shape index (κ2) is 7.73. The molecule has 0 amide bonds. The summed E-state index contributed by atoms with van der Waals surface area (Å²) >= 11 is 0. The predicted molar refractivity (Wildman–Crippen MR) is 121 cm³/mol. The van der Waals surface area contributed by atoms with Crippen LogP contribution in [0.4, 0.5) is 5.69 Å². The Morgan fingerprint density at radius 1 is 1.06 bits per heavy atom. The van der Waals surface area contributed by atoms with Crippen LogP contribution >= 0.6 is 0 Å². The first-order valence-corrected chi connectivity index (χ1v) is 10.2. The van der Waals surface area contributed by atoms with E-state index in [0.29, 0.717) is 11.0 Å². The monoisotopic (exact) mass is 425 g/mol. The van der Waals surface area contributed by atoms with E-state index in [-0.39, 0.29) is 23.9 Å². The van der Waals surface area contributed by atoms with Crippen LogP contribution in [0.1, 0.15) is 34.0 Å². The molecule has 0 aliphatic rings. The second-order valence-corrected chi connectivity index (χ2v) is 7.70. The summed E-state index contributed by atoms with van der Waals surface area (Å²) in [6.45, 7) is 1.98. The summed E-state index contributed by atoms with van der Waals surface area (Å²) in [4.78, 5) is 27.5. The third-order valence-electron chi connectivity index (χ3n) is 5.76. The average Bonchev–Trinajstić information content (AvgIpc) is 3.38. The van der Waals surface area contributed by atoms with E-state index in [4.69, 9.17) is 0 Å². The summed E-state index contributed by atoms with van der Waals surface area (Å²) < 4.78 is 1.33. The van der Waals surface area contributed by atoms with E-state index in [1.165, 1.54) is 16.8 Å². The zero-order chi connectivity index (χ0) is 22.2. The predicted octanol–water partition coefficient (Wildman–Crippen LogP) is 4.99. The number of aromatic amines is 1. The highest BCUT2D eigenvalue weighted by Crippen LogP contribution is 2.37. The fraction of sp³-hybridized carbons (Fsp3) is 0.125. The Bertz CT molecular complexity index is 1470. The molecule has 2 aromatic heterocycles. The van der Waals surface area contributed by atoms with Crippen LogP contribution in [0.2, 0.25) is 0 Å². The van der Waals surface area contributed by atoms with Crippen molar-refractivity contribution in [3.8, 4) is 0 Å². The molecule has 0 fully saturated rings. The number of H-pyrrole nitrogens is 1. The maximum absolute atomic E-state index is 13.4. The highest BCUT2D eigenvalue weighted by Gasteiger charge is 2.26. The summed E-state index contributed by atoms with van der Waals surface area (Å²) in [6, 6.07) is 21.6. The van der Waals surface area contributed by atoms with Crippen LogP contribution in [-0.4, -0.2) is 30.8 Å². The van der Waals surface area contributed by atoms with Crippen molar-refractivity contribution in [2.45, 2.75) is 19.3 Å². The van der Waals surface area contributed by atoms with Crippen LogP contribution in [0, 0.1) is 17.0 Å². The van der Waals surface area contributed by atoms with Crippen molar-refractivity contribution < 1.29 is 9.72 Å². The number of nitrogens with zero attached hydrogens (tertiary/aromatic N) is 4. The quantitative estimate of drug-likeness (QED) is 0.315. The molecule has 2 heterocycles. The van der Waals surface area contributed by atoms with Gasteiger partial charge in [0.25, 0.3) is 5.69 Å². The van der Waals surface area contributed by atoms with Crippen LogP contribution < -0.4 is 0 Å². The number of nitrogens with one attached hydrogen (secondary N) is 1. The number of benzene rings is 3. The van der Waals surface area contributed by atoms with Gasteiger partial charge in [0, 0.05) is 41.1 Å². The lowest BCUT2D eigenvalue weighted by atomic mass is 9.86. The van der Waals surface area contributed by atoms with Gasteiger partial charge in [-0.25, -0.2) is 0 Å². The van der Waals surface area contributed by atoms with Gasteiger partial charge in [-0.05, 0) is 36.2 Å². The number of carbonyl (C=O) groups is 1. The first kappa shape index (κ1) is 19.6. The highest BCUT2D eigenvalue weighted by molar-refractivity contribution is 5.91. The Morgan fingerprint density at radius 3 is 2.56 bits per heavy atom. The van der Waals surface area contributed by atoms with Crippen molar-refractivity contribution >= 4 is 33.5 Å². The van der Waals surface area contributed by atoms with Crippen molar-refractivity contribution in [3.05, 3.63) is 99.7 Å². The van der Waals surface area contributed by atoms with Crippen molar-refractivity contribution in [1.29, 1.82) is 0 Å². The summed E-state index contributed by atoms with van der Waals surface area (Å²) in [7, 11) is 0. The first-order valence-electron chi connectivity index (χ1n) is 10.2. The fourth-order valence-corrected chi connectivity index (χ4v) is 4.28. The largest absolute Gasteiger partial charge is 0.358 e. The van der Waals surface area contributed by atoms with E-state index in [0.717, 1.165) is 27.7 Å². The number of fused-ring (bicyclic) bond motifs is 2. The third-order valence-corrected chi connectivity index (χ3v) is 5.76. The van der Waals surface area contributed by atoms with Gasteiger partial charge < -0.3 is 4.98 Å². The molecule has 0 radical (unpaired) electrons. The molecule has 0 aliphatic carbocycles. The normalized spacial score (nSPS) is 12.3. The van der Waals surface area contributed by atoms with Crippen LogP contribution in [0.5, 0.6) is 0 Å². The van der Waals surface area contributed by atoms with E-state index in [2.05, 4.69) is 15.3 Å². The molecule has 5 aromatic rings. The first-order chi connectivity index (χ1) is 15.5. The minimum Gasteiger partial charge on any atom is -0.358 e. The summed E-state index contributed by atoms with van der Waals surface area (Å²) in [5.41, 5.74) is 5.05. The number of hydrogen-bond donors (Lipinski definition) is 1. The van der Waals surface area contributed by atoms with Gasteiger partial charge in [0.05, 0.1) is 10.4 Å². The molecule has 158 valence electrons. The molecule has 0 saturated carbocycles. The molecular weight excluding hydrogens is 406 g/mol. The molecule has 0 bridgehead atoms. The zero-order valence-corrected chi connectivity index (χ0v) is 17.2. The molecule has 0 aliphatic heterocycles. The minimum absolute atomic E-state index is 0.0109. The van der Waals surface area contributed by atoms with Crippen LogP contribution in [-0.2, 0) is 0 Å². The van der Waals surface area contributed by atoms with Gasteiger partial charge in [-0.1, -0.05) is 47.7 Å². The second-order valence-electron chi connectivity index (χ2n) is 7.70. The Balaban J connectivity index is 1.61.